The van der Waals surface area contributed by atoms with Crippen LogP contribution in [0.15, 0.2) is 0 Å². The van der Waals surface area contributed by atoms with Crippen LogP contribution in [0.25, 0.3) is 0 Å². The SMILES string of the molecule is CCCCCCCCCCCCCCC(=O)OC[C@H](COP(=O)(O)OC[C@@H](O)COP(=O)(O)OC[C@@H](COC(=O)CCCCCCC)OC(=O)CCCCCCCCCCCCCC)OC(=O)CCCCCCCCCCCC(C)C. The largest absolute Gasteiger partial charge is 0.472 e. The first-order valence-corrected chi connectivity index (χ1v) is 35.6. The third kappa shape index (κ3) is 56.9. The number of aliphatic hydroxyl groups excluding tert-OH is 1. The lowest BCUT2D eigenvalue weighted by molar-refractivity contribution is -0.161. The summed E-state index contributed by atoms with van der Waals surface area (Å²) in [6, 6.07) is 0. The van der Waals surface area contributed by atoms with Crippen LogP contribution in [0.5, 0.6) is 0 Å². The summed E-state index contributed by atoms with van der Waals surface area (Å²) in [5.74, 6) is -1.41. The minimum Gasteiger partial charge on any atom is -0.462 e. The Hall–Kier alpha value is -1.94. The van der Waals surface area contributed by atoms with Crippen molar-refractivity contribution >= 4 is 39.5 Å². The maximum absolute atomic E-state index is 12.9. The van der Waals surface area contributed by atoms with Gasteiger partial charge in [0.2, 0.25) is 0 Å². The van der Waals surface area contributed by atoms with Crippen LogP contribution in [0, 0.1) is 5.92 Å². The van der Waals surface area contributed by atoms with E-state index in [1.807, 2.05) is 0 Å². The highest BCUT2D eigenvalue weighted by molar-refractivity contribution is 7.47. The van der Waals surface area contributed by atoms with Gasteiger partial charge < -0.3 is 33.8 Å². The first-order chi connectivity index (χ1) is 39.0. The van der Waals surface area contributed by atoms with Gasteiger partial charge in [-0.25, -0.2) is 9.13 Å². The molecule has 0 aromatic rings. The van der Waals surface area contributed by atoms with Crippen LogP contribution in [0.3, 0.4) is 0 Å². The topological polar surface area (TPSA) is 237 Å². The Labute approximate surface area is 492 Å². The number of phosphoric ester groups is 2. The van der Waals surface area contributed by atoms with Crippen molar-refractivity contribution in [3.8, 4) is 0 Å². The number of hydrogen-bond acceptors (Lipinski definition) is 15. The van der Waals surface area contributed by atoms with Gasteiger partial charge in [-0.2, -0.15) is 0 Å². The fourth-order valence-corrected chi connectivity index (χ4v) is 10.8. The minimum absolute atomic E-state index is 0.106. The van der Waals surface area contributed by atoms with Crippen molar-refractivity contribution in [2.75, 3.05) is 39.6 Å². The highest BCUT2D eigenvalue weighted by atomic mass is 31.2. The van der Waals surface area contributed by atoms with Gasteiger partial charge >= 0.3 is 39.5 Å². The summed E-state index contributed by atoms with van der Waals surface area (Å²) in [5, 5.41) is 10.5. The van der Waals surface area contributed by atoms with Crippen LogP contribution >= 0.6 is 15.6 Å². The van der Waals surface area contributed by atoms with Crippen LogP contribution in [0.1, 0.15) is 311 Å². The monoisotopic (exact) mass is 1200 g/mol. The van der Waals surface area contributed by atoms with E-state index in [2.05, 4.69) is 34.6 Å². The average Bonchev–Trinajstić information content (AvgIpc) is 3.43. The number of carbonyl (C=O) groups excluding carboxylic acids is 4. The molecule has 2 unspecified atom stereocenters. The standard InChI is InChI=1S/C62H120O17P2/c1-6-9-12-15-17-19-21-23-27-31-36-41-46-60(65)73-52-58(79-62(67)48-43-38-33-29-25-26-30-35-39-44-55(4)5)54-77-81(70,71)75-50-56(63)49-74-80(68,69)76-53-57(51-72-59(64)45-40-34-14-11-8-3)78-61(66)47-42-37-32-28-24-22-20-18-16-13-10-7-2/h55-58,63H,6-54H2,1-5H3,(H,68,69)(H,70,71)/t56-,57+,58+/m0/s1. The molecule has 0 aromatic carbocycles. The molecule has 0 aromatic heterocycles. The van der Waals surface area contributed by atoms with E-state index in [4.69, 9.17) is 37.0 Å². The Bertz CT molecular complexity index is 1580. The minimum atomic E-state index is -4.94. The fraction of sp³-hybridized carbons (Fsp3) is 0.935. The molecule has 5 atom stereocenters. The third-order valence-corrected chi connectivity index (χ3v) is 16.2. The summed E-state index contributed by atoms with van der Waals surface area (Å²) in [5.41, 5.74) is 0. The van der Waals surface area contributed by atoms with Crippen molar-refractivity contribution in [2.24, 2.45) is 5.92 Å². The van der Waals surface area contributed by atoms with E-state index in [1.54, 1.807) is 0 Å². The van der Waals surface area contributed by atoms with E-state index in [1.165, 1.54) is 128 Å². The molecule has 480 valence electrons. The molecular weight excluding hydrogens is 1080 g/mol. The van der Waals surface area contributed by atoms with Crippen molar-refractivity contribution in [2.45, 2.75) is 329 Å². The first-order valence-electron chi connectivity index (χ1n) is 32.6. The van der Waals surface area contributed by atoms with E-state index >= 15 is 0 Å². The van der Waals surface area contributed by atoms with Gasteiger partial charge in [-0.05, 0) is 31.6 Å². The van der Waals surface area contributed by atoms with Gasteiger partial charge in [0.25, 0.3) is 0 Å². The first kappa shape index (κ1) is 79.1. The molecule has 0 bridgehead atoms. The van der Waals surface area contributed by atoms with Crippen molar-refractivity contribution in [1.29, 1.82) is 0 Å². The molecule has 0 aliphatic carbocycles. The van der Waals surface area contributed by atoms with Crippen molar-refractivity contribution in [3.63, 3.8) is 0 Å². The molecule has 17 nitrogen and oxygen atoms in total. The lowest BCUT2D eigenvalue weighted by atomic mass is 10.0. The van der Waals surface area contributed by atoms with Gasteiger partial charge in [0.05, 0.1) is 26.4 Å². The van der Waals surface area contributed by atoms with E-state index in [0.717, 1.165) is 102 Å². The predicted molar refractivity (Wildman–Crippen MR) is 322 cm³/mol. The summed E-state index contributed by atoms with van der Waals surface area (Å²) in [6.07, 6.45) is 39.2. The Morgan fingerprint density at radius 2 is 0.568 bits per heavy atom. The van der Waals surface area contributed by atoms with E-state index in [9.17, 15) is 43.2 Å². The lowest BCUT2D eigenvalue weighted by Gasteiger charge is -2.21. The summed E-state index contributed by atoms with van der Waals surface area (Å²) in [4.78, 5) is 71.9. The summed E-state index contributed by atoms with van der Waals surface area (Å²) >= 11 is 0. The number of ether oxygens (including phenoxy) is 4. The highest BCUT2D eigenvalue weighted by Gasteiger charge is 2.30. The molecule has 0 amide bonds. The molecule has 0 spiro atoms. The molecule has 81 heavy (non-hydrogen) atoms. The van der Waals surface area contributed by atoms with Gasteiger partial charge in [-0.3, -0.25) is 37.3 Å². The van der Waals surface area contributed by atoms with Gasteiger partial charge in [-0.1, -0.05) is 259 Å². The number of rotatable bonds is 62. The fourth-order valence-electron chi connectivity index (χ4n) is 9.23. The number of esters is 4. The molecule has 0 saturated heterocycles. The third-order valence-electron chi connectivity index (χ3n) is 14.3. The van der Waals surface area contributed by atoms with Crippen molar-refractivity contribution in [3.05, 3.63) is 0 Å². The smallest absolute Gasteiger partial charge is 0.462 e. The number of aliphatic hydroxyl groups is 1. The molecule has 19 heteroatoms. The summed E-state index contributed by atoms with van der Waals surface area (Å²) < 4.78 is 67.7. The summed E-state index contributed by atoms with van der Waals surface area (Å²) in [7, 11) is -9.87. The number of phosphoric acid groups is 2. The zero-order valence-corrected chi connectivity index (χ0v) is 53.7. The Kier molecular flexibility index (Phi) is 54.6. The second-order valence-electron chi connectivity index (χ2n) is 22.9. The van der Waals surface area contributed by atoms with Crippen LogP contribution in [0.4, 0.5) is 0 Å². The van der Waals surface area contributed by atoms with Gasteiger partial charge in [0.15, 0.2) is 12.2 Å². The molecule has 0 heterocycles. The van der Waals surface area contributed by atoms with Gasteiger partial charge in [0, 0.05) is 25.7 Å². The molecule has 0 fully saturated rings. The maximum atomic E-state index is 12.9. The van der Waals surface area contributed by atoms with E-state index < -0.39 is 97.5 Å². The molecule has 0 aliphatic heterocycles. The zero-order chi connectivity index (χ0) is 59.9. The second-order valence-corrected chi connectivity index (χ2v) is 25.8. The average molecular weight is 1200 g/mol. The lowest BCUT2D eigenvalue weighted by Crippen LogP contribution is -2.30. The van der Waals surface area contributed by atoms with Crippen molar-refractivity contribution in [1.82, 2.24) is 0 Å². The highest BCUT2D eigenvalue weighted by Crippen LogP contribution is 2.45. The van der Waals surface area contributed by atoms with E-state index in [-0.39, 0.29) is 25.7 Å². The van der Waals surface area contributed by atoms with Crippen LogP contribution < -0.4 is 0 Å². The predicted octanol–water partition coefficient (Wildman–Crippen LogP) is 17.0. The van der Waals surface area contributed by atoms with Crippen LogP contribution in [-0.4, -0.2) is 96.7 Å². The number of unbranched alkanes of at least 4 members (excludes halogenated alkanes) is 34. The number of hydrogen-bond donors (Lipinski definition) is 3. The molecule has 0 rings (SSSR count). The quantitative estimate of drug-likeness (QED) is 0.0222. The second kappa shape index (κ2) is 55.9. The van der Waals surface area contributed by atoms with Crippen LogP contribution in [0.2, 0.25) is 0 Å². The number of carbonyl (C=O) groups is 4. The Morgan fingerprint density at radius 3 is 0.840 bits per heavy atom. The molecule has 3 N–H and O–H groups in total. The Balaban J connectivity index is 5.17. The normalized spacial score (nSPS) is 14.3. The molecular formula is C62H120O17P2. The van der Waals surface area contributed by atoms with Gasteiger partial charge in [0.1, 0.15) is 19.3 Å². The molecule has 0 radical (unpaired) electrons. The van der Waals surface area contributed by atoms with Crippen molar-refractivity contribution < 1.29 is 80.2 Å². The zero-order valence-electron chi connectivity index (χ0n) is 51.9. The molecule has 0 saturated carbocycles. The van der Waals surface area contributed by atoms with E-state index in [0.29, 0.717) is 25.7 Å². The van der Waals surface area contributed by atoms with Crippen LogP contribution in [-0.2, 0) is 65.4 Å². The summed E-state index contributed by atoms with van der Waals surface area (Å²) in [6.45, 7) is 7.07. The molecule has 0 aliphatic rings. The maximum Gasteiger partial charge on any atom is 0.472 e. The van der Waals surface area contributed by atoms with Gasteiger partial charge in [-0.15, -0.1) is 0 Å². The Morgan fingerprint density at radius 1 is 0.333 bits per heavy atom.